The van der Waals surface area contributed by atoms with E-state index in [9.17, 15) is 13.2 Å². The lowest BCUT2D eigenvalue weighted by atomic mass is 9.84. The summed E-state index contributed by atoms with van der Waals surface area (Å²) < 4.78 is 38.2. The van der Waals surface area contributed by atoms with Gasteiger partial charge in [-0.25, -0.2) is 8.42 Å². The molecule has 1 atom stereocenters. The molecule has 2 aromatic rings. The minimum absolute atomic E-state index is 0.0987. The fourth-order valence-electron chi connectivity index (χ4n) is 3.52. The molecule has 0 fully saturated rings. The van der Waals surface area contributed by atoms with Gasteiger partial charge in [0.1, 0.15) is 27.6 Å². The number of amidine groups is 1. The maximum atomic E-state index is 12.9. The van der Waals surface area contributed by atoms with Crippen LogP contribution in [0.3, 0.4) is 0 Å². The number of rotatable bonds is 3. The Morgan fingerprint density at radius 1 is 1.36 bits per heavy atom. The Balaban J connectivity index is 1.77. The summed E-state index contributed by atoms with van der Waals surface area (Å²) in [6.07, 6.45) is 1.98. The first kappa shape index (κ1) is 19.0. The highest BCUT2D eigenvalue weighted by Crippen LogP contribution is 2.45. The predicted molar refractivity (Wildman–Crippen MR) is 106 cm³/mol. The van der Waals surface area contributed by atoms with Crippen molar-refractivity contribution in [2.75, 3.05) is 12.4 Å². The molecule has 2 aliphatic heterocycles. The van der Waals surface area contributed by atoms with Gasteiger partial charge in [-0.2, -0.15) is 8.75 Å². The molecule has 1 aromatic heterocycles. The van der Waals surface area contributed by atoms with Crippen LogP contribution in [0.25, 0.3) is 0 Å². The summed E-state index contributed by atoms with van der Waals surface area (Å²) in [5, 5.41) is 0. The van der Waals surface area contributed by atoms with Gasteiger partial charge in [-0.15, -0.1) is 0 Å². The zero-order valence-electron chi connectivity index (χ0n) is 15.5. The molecule has 0 bridgehead atoms. The molecule has 0 unspecified atom stereocenters. The summed E-state index contributed by atoms with van der Waals surface area (Å²) in [7, 11) is -3.53. The number of ether oxygens (including phenoxy) is 1. The lowest BCUT2D eigenvalue weighted by Gasteiger charge is -2.42. The van der Waals surface area contributed by atoms with Crippen LogP contribution in [0.1, 0.15) is 41.9 Å². The number of fused-ring (bicyclic) bond motifs is 2. The second-order valence-electron chi connectivity index (χ2n) is 7.62. The first-order chi connectivity index (χ1) is 13.1. The van der Waals surface area contributed by atoms with Crippen LogP contribution >= 0.6 is 11.7 Å². The van der Waals surface area contributed by atoms with Gasteiger partial charge in [-0.3, -0.25) is 9.79 Å². The van der Waals surface area contributed by atoms with Crippen LogP contribution in [0.5, 0.6) is 5.75 Å². The molecule has 3 heterocycles. The van der Waals surface area contributed by atoms with E-state index in [4.69, 9.17) is 10.5 Å². The van der Waals surface area contributed by atoms with Crippen molar-refractivity contribution in [3.05, 3.63) is 41.2 Å². The number of carbonyl (C=O) groups is 1. The number of sulfone groups is 1. The average molecular weight is 421 g/mol. The van der Waals surface area contributed by atoms with E-state index in [0.29, 0.717) is 30.0 Å². The topological polar surface area (TPSA) is 125 Å². The monoisotopic (exact) mass is 420 g/mol. The van der Waals surface area contributed by atoms with Crippen molar-refractivity contribution in [2.45, 2.75) is 37.0 Å². The summed E-state index contributed by atoms with van der Waals surface area (Å²) in [4.78, 5) is 17.0. The Bertz CT molecular complexity index is 1080. The van der Waals surface area contributed by atoms with E-state index < -0.39 is 20.1 Å². The van der Waals surface area contributed by atoms with Gasteiger partial charge < -0.3 is 10.5 Å². The molecule has 2 N–H and O–H groups in total. The van der Waals surface area contributed by atoms with Crippen LogP contribution in [0, 0.1) is 0 Å². The van der Waals surface area contributed by atoms with Gasteiger partial charge in [0.15, 0.2) is 15.6 Å². The van der Waals surface area contributed by atoms with Gasteiger partial charge >= 0.3 is 0 Å². The standard InChI is InChI=1S/C18H20N4O4S2/c1-17(2)16(19)21-18(10-28(17,24)25)5-6-26-15-4-3-11(7-12(15)18)8-14(23)13-9-20-27-22-13/h3-4,7,9H,5-6,8,10H2,1-2H3,(H2,19,21)/t18-/m0/s1. The molecule has 2 aliphatic rings. The third-order valence-corrected chi connectivity index (χ3v) is 8.59. The van der Waals surface area contributed by atoms with E-state index in [1.54, 1.807) is 32.0 Å². The van der Waals surface area contributed by atoms with Crippen molar-refractivity contribution >= 4 is 33.2 Å². The quantitative estimate of drug-likeness (QED) is 0.746. The Kier molecular flexibility index (Phi) is 4.31. The van der Waals surface area contributed by atoms with Crippen LogP contribution < -0.4 is 10.5 Å². The number of aliphatic imine (C=N–C) groups is 1. The molecule has 1 spiro atoms. The maximum Gasteiger partial charge on any atom is 0.188 e. The molecule has 148 valence electrons. The number of benzene rings is 1. The normalized spacial score (nSPS) is 24.9. The van der Waals surface area contributed by atoms with Crippen molar-refractivity contribution in [3.8, 4) is 5.75 Å². The maximum absolute atomic E-state index is 12.9. The number of nitrogens with zero attached hydrogens (tertiary/aromatic N) is 3. The molecule has 0 saturated heterocycles. The summed E-state index contributed by atoms with van der Waals surface area (Å²) in [5.41, 5.74) is 6.81. The Morgan fingerprint density at radius 2 is 2.14 bits per heavy atom. The second-order valence-corrected chi connectivity index (χ2v) is 10.7. The van der Waals surface area contributed by atoms with Gasteiger partial charge in [-0.05, 0) is 31.5 Å². The number of hydrogen-bond acceptors (Lipinski definition) is 9. The highest BCUT2D eigenvalue weighted by atomic mass is 32.2. The lowest BCUT2D eigenvalue weighted by molar-refractivity contribution is 0.0989. The highest BCUT2D eigenvalue weighted by molar-refractivity contribution is 7.93. The van der Waals surface area contributed by atoms with Crippen LogP contribution in [0.4, 0.5) is 0 Å². The zero-order valence-corrected chi connectivity index (χ0v) is 17.1. The molecule has 0 aliphatic carbocycles. The number of carbonyl (C=O) groups excluding carboxylic acids is 1. The van der Waals surface area contributed by atoms with Crippen LogP contribution in [-0.4, -0.2) is 45.9 Å². The van der Waals surface area contributed by atoms with Crippen LogP contribution in [0.15, 0.2) is 29.4 Å². The van der Waals surface area contributed by atoms with E-state index in [1.807, 2.05) is 0 Å². The molecule has 1 aromatic carbocycles. The lowest BCUT2D eigenvalue weighted by Crippen LogP contribution is -2.56. The van der Waals surface area contributed by atoms with E-state index >= 15 is 0 Å². The van der Waals surface area contributed by atoms with Gasteiger partial charge in [-0.1, -0.05) is 6.07 Å². The van der Waals surface area contributed by atoms with Crippen LogP contribution in [-0.2, 0) is 21.8 Å². The van der Waals surface area contributed by atoms with Gasteiger partial charge in [0, 0.05) is 18.4 Å². The number of aromatic nitrogens is 2. The fraction of sp³-hybridized carbons (Fsp3) is 0.444. The summed E-state index contributed by atoms with van der Waals surface area (Å²) in [6, 6.07) is 5.36. The molecular weight excluding hydrogens is 400 g/mol. The highest BCUT2D eigenvalue weighted by Gasteiger charge is 2.52. The third kappa shape index (κ3) is 2.91. The first-order valence-electron chi connectivity index (χ1n) is 8.80. The van der Waals surface area contributed by atoms with Gasteiger partial charge in [0.25, 0.3) is 0 Å². The average Bonchev–Trinajstić information content (AvgIpc) is 3.15. The Morgan fingerprint density at radius 3 is 2.82 bits per heavy atom. The molecule has 10 heteroatoms. The molecule has 28 heavy (non-hydrogen) atoms. The van der Waals surface area contributed by atoms with E-state index in [1.165, 1.54) is 6.20 Å². The molecule has 4 rings (SSSR count). The number of hydrogen-bond donors (Lipinski definition) is 1. The SMILES string of the molecule is CC1(C)C(N)=N[C@@]2(CCOc3ccc(CC(=O)c4cnsn4)cc32)CS1(=O)=O. The minimum atomic E-state index is -3.53. The summed E-state index contributed by atoms with van der Waals surface area (Å²) in [5.74, 6) is 0.378. The third-order valence-electron chi connectivity index (χ3n) is 5.49. The zero-order chi connectivity index (χ0) is 20.2. The van der Waals surface area contributed by atoms with E-state index in [0.717, 1.165) is 17.3 Å². The summed E-state index contributed by atoms with van der Waals surface area (Å²) >= 11 is 0.979. The van der Waals surface area contributed by atoms with Crippen molar-refractivity contribution in [2.24, 2.45) is 10.7 Å². The molecule has 0 saturated carbocycles. The molecule has 0 radical (unpaired) electrons. The number of nitrogens with two attached hydrogens (primary N) is 1. The van der Waals surface area contributed by atoms with Crippen molar-refractivity contribution < 1.29 is 17.9 Å². The smallest absolute Gasteiger partial charge is 0.188 e. The van der Waals surface area contributed by atoms with Crippen molar-refractivity contribution in [1.29, 1.82) is 0 Å². The van der Waals surface area contributed by atoms with Crippen molar-refractivity contribution in [3.63, 3.8) is 0 Å². The second kappa shape index (κ2) is 6.35. The fourth-order valence-corrected chi connectivity index (χ4v) is 5.67. The first-order valence-corrected chi connectivity index (χ1v) is 11.2. The molecule has 0 amide bonds. The Labute approximate surface area is 167 Å². The number of ketones is 1. The molecule has 8 nitrogen and oxygen atoms in total. The van der Waals surface area contributed by atoms with Crippen molar-refractivity contribution in [1.82, 2.24) is 8.75 Å². The van der Waals surface area contributed by atoms with E-state index in [-0.39, 0.29) is 23.8 Å². The minimum Gasteiger partial charge on any atom is -0.493 e. The number of Topliss-reactive ketones (excluding diaryl/α,β-unsaturated/α-hetero) is 1. The van der Waals surface area contributed by atoms with E-state index in [2.05, 4.69) is 13.7 Å². The predicted octanol–water partition coefficient (Wildman–Crippen LogP) is 1.51. The Hall–Kier alpha value is -2.33. The van der Waals surface area contributed by atoms with Gasteiger partial charge in [0.05, 0.1) is 30.3 Å². The largest absolute Gasteiger partial charge is 0.493 e. The van der Waals surface area contributed by atoms with Crippen LogP contribution in [0.2, 0.25) is 0 Å². The van der Waals surface area contributed by atoms with Gasteiger partial charge in [0.2, 0.25) is 0 Å². The molecular formula is C18H20N4O4S2. The summed E-state index contributed by atoms with van der Waals surface area (Å²) in [6.45, 7) is 3.50.